The van der Waals surface area contributed by atoms with E-state index in [1.807, 2.05) is 36.7 Å². The lowest BCUT2D eigenvalue weighted by Gasteiger charge is -2.21. The summed E-state index contributed by atoms with van der Waals surface area (Å²) in [5.41, 5.74) is 4.09. The predicted molar refractivity (Wildman–Crippen MR) is 309 cm³/mol. The third-order valence-corrected chi connectivity index (χ3v) is 16.6. The van der Waals surface area contributed by atoms with E-state index in [0.29, 0.717) is 60.2 Å². The summed E-state index contributed by atoms with van der Waals surface area (Å²) in [5.74, 6) is 17.8. The van der Waals surface area contributed by atoms with Gasteiger partial charge in [-0.1, -0.05) is 50.9 Å². The van der Waals surface area contributed by atoms with E-state index in [2.05, 4.69) is 75.5 Å². The molecule has 4 aromatic heterocycles. The van der Waals surface area contributed by atoms with Crippen LogP contribution in [-0.4, -0.2) is 63.6 Å². The molecule has 9 nitrogen and oxygen atoms in total. The number of hydrogen-bond acceptors (Lipinski definition) is 9. The summed E-state index contributed by atoms with van der Waals surface area (Å²) in [7, 11) is 0. The van der Waals surface area contributed by atoms with Gasteiger partial charge in [-0.15, -0.1) is 6.42 Å². The molecule has 4 fully saturated rings. The molecule has 2 aromatic carbocycles. The Hall–Kier alpha value is -6.68. The number of nitrogens with zero attached hydrogens (tertiary/aromatic N) is 4. The summed E-state index contributed by atoms with van der Waals surface area (Å²) in [6.45, 7) is 13.8. The molecule has 4 aliphatic carbocycles. The Morgan fingerprint density at radius 1 is 0.557 bits per heavy atom. The van der Waals surface area contributed by atoms with Crippen molar-refractivity contribution in [3.63, 3.8) is 0 Å². The number of carbonyl (C=O) groups excluding carboxylic acids is 2. The van der Waals surface area contributed by atoms with Gasteiger partial charge in [-0.2, -0.15) is 0 Å². The molecule has 6 unspecified atom stereocenters. The first-order valence-electron chi connectivity index (χ1n) is 27.6. The van der Waals surface area contributed by atoms with Crippen molar-refractivity contribution >= 4 is 33.4 Å². The molecule has 4 aliphatic rings. The number of hydrogen-bond donors (Lipinski definition) is 3. The fourth-order valence-corrected chi connectivity index (χ4v) is 12.5. The molecular weight excluding hydrogens is 991 g/mol. The Labute approximate surface area is 466 Å². The number of halogens is 2. The second kappa shape index (κ2) is 25.2. The first kappa shape index (κ1) is 60.0. The Bertz CT molecular complexity index is 3050. The summed E-state index contributed by atoms with van der Waals surface area (Å²) in [5, 5.41) is 30.0. The van der Waals surface area contributed by atoms with Gasteiger partial charge in [0, 0.05) is 82.8 Å². The fraction of sp³-hybridized carbons (Fsp3) is 0.471. The van der Waals surface area contributed by atoms with Crippen molar-refractivity contribution in [2.45, 2.75) is 156 Å². The highest BCUT2D eigenvalue weighted by atomic mass is 19.1. The van der Waals surface area contributed by atoms with Crippen LogP contribution in [0.4, 0.5) is 8.78 Å². The smallest absolute Gasteiger partial charge is 0.141 e. The van der Waals surface area contributed by atoms with E-state index in [0.717, 1.165) is 95.7 Å². The standard InChI is InChI=1S/2C31H33FN2O2.C5H8O.CH4/c2*1-19(30(35)17-26-6-4-20(18-34-26)8-10-31(2,3)36)21-12-22-14-24(15-23(22)13-21)27-9-11-33-29-7-5-25(32)16-28(27)29;1-4-5(2,3)6;/h2*4-7,9,11,16,18-19,21-24,36H,12-15,17H2,1-3H3;1,6H,2-3H3;1H4/t2*19?,21?,22-,23+,24?;;. The van der Waals surface area contributed by atoms with Gasteiger partial charge in [-0.05, 0) is 224 Å². The molecule has 10 atom stereocenters. The van der Waals surface area contributed by atoms with Crippen molar-refractivity contribution in [3.8, 4) is 36.0 Å². The van der Waals surface area contributed by atoms with Gasteiger partial charge < -0.3 is 15.3 Å². The molecule has 10 rings (SSSR count). The van der Waals surface area contributed by atoms with E-state index < -0.39 is 16.8 Å². The van der Waals surface area contributed by atoms with Crippen molar-refractivity contribution in [1.82, 2.24) is 19.9 Å². The van der Waals surface area contributed by atoms with Crippen LogP contribution in [0.15, 0.2) is 97.6 Å². The largest absolute Gasteiger partial charge is 0.378 e. The van der Waals surface area contributed by atoms with Crippen LogP contribution in [0.2, 0.25) is 0 Å². The Morgan fingerprint density at radius 3 is 1.22 bits per heavy atom. The summed E-state index contributed by atoms with van der Waals surface area (Å²) in [6, 6.07) is 21.3. The summed E-state index contributed by atoms with van der Waals surface area (Å²) in [4.78, 5) is 43.8. The molecule has 0 spiro atoms. The molecule has 0 radical (unpaired) electrons. The molecule has 11 heteroatoms. The average Bonchev–Trinajstić information content (AvgIpc) is 4.20. The number of terminal acetylenes is 1. The number of fused-ring (bicyclic) bond motifs is 4. The normalized spacial score (nSPS) is 22.9. The molecular formula is C68H78F2N4O5. The third kappa shape index (κ3) is 16.0. The lowest BCUT2D eigenvalue weighted by atomic mass is 9.83. The number of Topliss-reactive ketones (excluding diaryl/α,β-unsaturated/α-hetero) is 2. The second-order valence-corrected chi connectivity index (χ2v) is 24.2. The van der Waals surface area contributed by atoms with Crippen LogP contribution in [-0.2, 0) is 22.4 Å². The Morgan fingerprint density at radius 2 is 0.911 bits per heavy atom. The van der Waals surface area contributed by atoms with Crippen molar-refractivity contribution in [2.24, 2.45) is 47.3 Å². The number of pyridine rings is 4. The average molecular weight is 1070 g/mol. The van der Waals surface area contributed by atoms with E-state index in [-0.39, 0.29) is 42.5 Å². The maximum atomic E-state index is 13.9. The third-order valence-electron chi connectivity index (χ3n) is 16.6. The zero-order chi connectivity index (χ0) is 56.1. The van der Waals surface area contributed by atoms with E-state index in [1.165, 1.54) is 23.3 Å². The van der Waals surface area contributed by atoms with Gasteiger partial charge in [0.1, 0.15) is 40.0 Å². The zero-order valence-electron chi connectivity index (χ0n) is 46.4. The van der Waals surface area contributed by atoms with Crippen LogP contribution in [0.25, 0.3) is 21.8 Å². The van der Waals surface area contributed by atoms with Gasteiger partial charge in [-0.3, -0.25) is 29.5 Å². The first-order chi connectivity index (χ1) is 36.9. The van der Waals surface area contributed by atoms with Gasteiger partial charge in [0.15, 0.2) is 0 Å². The quantitative estimate of drug-likeness (QED) is 0.114. The maximum absolute atomic E-state index is 13.9. The number of aromatic nitrogens is 4. The highest BCUT2D eigenvalue weighted by Gasteiger charge is 2.46. The van der Waals surface area contributed by atoms with Gasteiger partial charge in [0.05, 0.1) is 11.0 Å². The number of aliphatic hydroxyl groups is 3. The Kier molecular flexibility index (Phi) is 19.1. The monoisotopic (exact) mass is 1070 g/mol. The maximum Gasteiger partial charge on any atom is 0.141 e. The molecule has 0 bridgehead atoms. The van der Waals surface area contributed by atoms with Gasteiger partial charge in [-0.25, -0.2) is 8.78 Å². The van der Waals surface area contributed by atoms with Crippen LogP contribution in [0, 0.1) is 95.0 Å². The van der Waals surface area contributed by atoms with Gasteiger partial charge in [0.25, 0.3) is 0 Å². The number of rotatable bonds is 10. The highest BCUT2D eigenvalue weighted by molar-refractivity contribution is 5.85. The van der Waals surface area contributed by atoms with Crippen LogP contribution >= 0.6 is 0 Å². The number of carbonyl (C=O) groups is 2. The SMILES string of the molecule is C.C#CC(C)(C)O.CC(C(=O)Cc1ccc(C#CC(C)(C)O)cn1)C1C[C@H]2CC(c3ccnc4ccc(F)cc34)C[C@H]2C1.CC(C(=O)Cc1ccc(C#CC(C)(C)O)cn1)C1C[C@H]2CC(c3ccnc4ccc(F)cc34)C[C@H]2C1. The van der Waals surface area contributed by atoms with Crippen molar-refractivity contribution in [1.29, 1.82) is 0 Å². The molecule has 414 valence electrons. The molecule has 4 heterocycles. The van der Waals surface area contributed by atoms with Crippen LogP contribution < -0.4 is 0 Å². The van der Waals surface area contributed by atoms with E-state index in [9.17, 15) is 28.6 Å². The fourth-order valence-electron chi connectivity index (χ4n) is 12.5. The molecule has 79 heavy (non-hydrogen) atoms. The zero-order valence-corrected chi connectivity index (χ0v) is 46.4. The van der Waals surface area contributed by atoms with Crippen LogP contribution in [0.5, 0.6) is 0 Å². The van der Waals surface area contributed by atoms with Gasteiger partial charge >= 0.3 is 0 Å². The van der Waals surface area contributed by atoms with E-state index in [1.54, 1.807) is 78.2 Å². The van der Waals surface area contributed by atoms with Crippen molar-refractivity contribution in [3.05, 3.63) is 143 Å². The van der Waals surface area contributed by atoms with Crippen molar-refractivity contribution in [2.75, 3.05) is 0 Å². The molecule has 6 aromatic rings. The highest BCUT2D eigenvalue weighted by Crippen LogP contribution is 2.56. The molecule has 4 saturated carbocycles. The summed E-state index contributed by atoms with van der Waals surface area (Å²) < 4.78 is 27.8. The van der Waals surface area contributed by atoms with Crippen molar-refractivity contribution < 1.29 is 33.7 Å². The minimum atomic E-state index is -1.05. The number of benzene rings is 2. The van der Waals surface area contributed by atoms with Crippen LogP contribution in [0.3, 0.4) is 0 Å². The number of ketones is 2. The molecule has 0 amide bonds. The Balaban J connectivity index is 0.000000205. The van der Waals surface area contributed by atoms with E-state index in [4.69, 9.17) is 11.5 Å². The minimum Gasteiger partial charge on any atom is -0.378 e. The van der Waals surface area contributed by atoms with Crippen LogP contribution in [0.1, 0.15) is 160 Å². The topological polar surface area (TPSA) is 146 Å². The lowest BCUT2D eigenvalue weighted by molar-refractivity contribution is -0.124. The second-order valence-electron chi connectivity index (χ2n) is 24.2. The minimum absolute atomic E-state index is 0. The lowest BCUT2D eigenvalue weighted by Crippen LogP contribution is -2.22. The molecule has 0 saturated heterocycles. The molecule has 0 aliphatic heterocycles. The van der Waals surface area contributed by atoms with E-state index >= 15 is 0 Å². The first-order valence-corrected chi connectivity index (χ1v) is 27.6. The molecule has 3 N–H and O–H groups in total. The van der Waals surface area contributed by atoms with Gasteiger partial charge in [0.2, 0.25) is 0 Å². The summed E-state index contributed by atoms with van der Waals surface area (Å²) >= 11 is 0. The predicted octanol–water partition coefficient (Wildman–Crippen LogP) is 12.7. The summed E-state index contributed by atoms with van der Waals surface area (Å²) in [6.07, 6.45) is 21.3.